The van der Waals surface area contributed by atoms with Gasteiger partial charge in [0.1, 0.15) is 12.1 Å². The second kappa shape index (κ2) is 6.89. The van der Waals surface area contributed by atoms with Gasteiger partial charge in [-0.3, -0.25) is 0 Å². The van der Waals surface area contributed by atoms with E-state index in [9.17, 15) is 35.1 Å². The summed E-state index contributed by atoms with van der Waals surface area (Å²) in [6, 6.07) is -4.26. The molecule has 2 rings (SSSR count). The molecule has 0 saturated heterocycles. The highest BCUT2D eigenvalue weighted by Gasteiger charge is 2.67. The van der Waals surface area contributed by atoms with Crippen molar-refractivity contribution in [3.63, 3.8) is 0 Å². The summed E-state index contributed by atoms with van der Waals surface area (Å²) in [5, 5.41) is 3.76. The quantitative estimate of drug-likeness (QED) is 0.573. The molecule has 0 spiro atoms. The lowest BCUT2D eigenvalue weighted by atomic mass is 10.1. The van der Waals surface area contributed by atoms with E-state index in [0.717, 1.165) is 20.8 Å². The van der Waals surface area contributed by atoms with E-state index in [4.69, 9.17) is 0 Å². The van der Waals surface area contributed by atoms with Gasteiger partial charge in [0.05, 0.1) is 5.41 Å². The highest BCUT2D eigenvalue weighted by atomic mass is 19.4. The minimum atomic E-state index is -4.69. The van der Waals surface area contributed by atoms with Crippen LogP contribution in [0, 0.1) is 17.3 Å². The normalized spacial score (nSPS) is 23.2. The summed E-state index contributed by atoms with van der Waals surface area (Å²) in [4.78, 5) is 10.6. The second-order valence-corrected chi connectivity index (χ2v) is 6.58. The Balaban J connectivity index is 2.34. The number of rotatable bonds is 4. The minimum absolute atomic E-state index is 0.523. The molecule has 0 amide bonds. The number of hydrogen-bond acceptors (Lipinski definition) is 5. The molecule has 1 heterocycles. The van der Waals surface area contributed by atoms with Crippen molar-refractivity contribution >= 4 is 11.9 Å². The molecule has 2 N–H and O–H groups in total. The first-order chi connectivity index (χ1) is 12.5. The van der Waals surface area contributed by atoms with Crippen LogP contribution in [0.5, 0.6) is 0 Å². The van der Waals surface area contributed by atoms with E-state index >= 15 is 0 Å². The molecule has 28 heavy (non-hydrogen) atoms. The van der Waals surface area contributed by atoms with Crippen LogP contribution < -0.4 is 10.6 Å². The molecule has 5 nitrogen and oxygen atoms in total. The molecule has 0 bridgehead atoms. The van der Waals surface area contributed by atoms with Crippen molar-refractivity contribution in [1.29, 1.82) is 0 Å². The van der Waals surface area contributed by atoms with Gasteiger partial charge in [0.25, 0.3) is 5.92 Å². The lowest BCUT2D eigenvalue weighted by Crippen LogP contribution is -2.35. The first-order valence-corrected chi connectivity index (χ1v) is 7.87. The molecule has 1 saturated carbocycles. The molecule has 1 fully saturated rings. The molecule has 1 aliphatic carbocycles. The molecule has 156 valence electrons. The summed E-state index contributed by atoms with van der Waals surface area (Å²) in [6.07, 6.45) is -9.89. The molecule has 0 aromatic carbocycles. The molecular formula is C15H15F8N5. The SMILES string of the molecule is C[C@@H](Nc1nc(C#CC2(C)CC2(F)F)nc(N[C@H](C)C(F)(F)F)n1)C(F)(F)F. The maximum Gasteiger partial charge on any atom is 0.408 e. The summed E-state index contributed by atoms with van der Waals surface area (Å²) in [6.45, 7) is 2.65. The van der Waals surface area contributed by atoms with Gasteiger partial charge in [0, 0.05) is 6.42 Å². The monoisotopic (exact) mass is 417 g/mol. The molecule has 1 aliphatic rings. The molecule has 3 atom stereocenters. The maximum absolute atomic E-state index is 13.2. The average Bonchev–Trinajstić information content (AvgIpc) is 3.01. The number of alkyl halides is 8. The van der Waals surface area contributed by atoms with Crippen molar-refractivity contribution in [3.05, 3.63) is 5.82 Å². The number of aromatic nitrogens is 3. The average molecular weight is 417 g/mol. The van der Waals surface area contributed by atoms with Crippen LogP contribution in [0.2, 0.25) is 0 Å². The van der Waals surface area contributed by atoms with Gasteiger partial charge >= 0.3 is 12.4 Å². The molecular weight excluding hydrogens is 402 g/mol. The zero-order chi connectivity index (χ0) is 21.5. The van der Waals surface area contributed by atoms with Crippen LogP contribution in [-0.2, 0) is 0 Å². The third-order valence-electron chi connectivity index (χ3n) is 4.02. The number of halogens is 8. The Hall–Kier alpha value is -2.39. The number of anilines is 2. The number of nitrogens with zero attached hydrogens (tertiary/aromatic N) is 3. The van der Waals surface area contributed by atoms with Crippen LogP contribution in [0.3, 0.4) is 0 Å². The summed E-state index contributed by atoms with van der Waals surface area (Å²) in [5.41, 5.74) is -1.65. The summed E-state index contributed by atoms with van der Waals surface area (Å²) < 4.78 is 103. The lowest BCUT2D eigenvalue weighted by Gasteiger charge is -2.19. The first kappa shape index (κ1) is 21.9. The summed E-state index contributed by atoms with van der Waals surface area (Å²) in [5.74, 6) is -0.605. The fourth-order valence-corrected chi connectivity index (χ4v) is 1.84. The summed E-state index contributed by atoms with van der Waals surface area (Å²) >= 11 is 0. The van der Waals surface area contributed by atoms with Crippen LogP contribution in [0.1, 0.15) is 33.0 Å². The van der Waals surface area contributed by atoms with Crippen LogP contribution in [-0.4, -0.2) is 45.3 Å². The van der Waals surface area contributed by atoms with Crippen LogP contribution in [0.15, 0.2) is 0 Å². The predicted octanol–water partition coefficient (Wildman–Crippen LogP) is 3.99. The fourth-order valence-electron chi connectivity index (χ4n) is 1.84. The van der Waals surface area contributed by atoms with E-state index in [2.05, 4.69) is 26.8 Å². The van der Waals surface area contributed by atoms with Crippen LogP contribution in [0.25, 0.3) is 0 Å². The Morgan fingerprint density at radius 1 is 0.893 bits per heavy atom. The molecule has 1 aromatic heterocycles. The van der Waals surface area contributed by atoms with Crippen molar-refractivity contribution in [2.75, 3.05) is 10.6 Å². The highest BCUT2D eigenvalue weighted by Crippen LogP contribution is 2.59. The van der Waals surface area contributed by atoms with Crippen molar-refractivity contribution in [2.24, 2.45) is 5.41 Å². The molecule has 1 unspecified atom stereocenters. The Kier molecular flexibility index (Phi) is 5.39. The van der Waals surface area contributed by atoms with E-state index in [1.54, 1.807) is 0 Å². The van der Waals surface area contributed by atoms with Gasteiger partial charge in [-0.2, -0.15) is 41.3 Å². The van der Waals surface area contributed by atoms with Gasteiger partial charge in [-0.1, -0.05) is 5.92 Å². The molecule has 0 aliphatic heterocycles. The first-order valence-electron chi connectivity index (χ1n) is 7.87. The lowest BCUT2D eigenvalue weighted by molar-refractivity contribution is -0.139. The van der Waals surface area contributed by atoms with E-state index in [0.29, 0.717) is 0 Å². The predicted molar refractivity (Wildman–Crippen MR) is 82.7 cm³/mol. The van der Waals surface area contributed by atoms with E-state index in [1.165, 1.54) is 0 Å². The smallest absolute Gasteiger partial charge is 0.343 e. The van der Waals surface area contributed by atoms with Crippen molar-refractivity contribution in [2.45, 2.75) is 57.6 Å². The molecule has 13 heteroatoms. The zero-order valence-electron chi connectivity index (χ0n) is 14.7. The van der Waals surface area contributed by atoms with E-state index in [1.807, 2.05) is 10.6 Å². The Labute approximate surface area is 154 Å². The highest BCUT2D eigenvalue weighted by molar-refractivity contribution is 5.41. The Morgan fingerprint density at radius 2 is 1.29 bits per heavy atom. The second-order valence-electron chi connectivity index (χ2n) is 6.58. The van der Waals surface area contributed by atoms with Gasteiger partial charge in [-0.05, 0) is 26.7 Å². The third kappa shape index (κ3) is 5.11. The largest absolute Gasteiger partial charge is 0.408 e. The number of hydrogen-bond donors (Lipinski definition) is 2. The van der Waals surface area contributed by atoms with Gasteiger partial charge in [0.2, 0.25) is 17.7 Å². The molecule has 0 radical (unpaired) electrons. The Bertz CT molecular complexity index is 754. The van der Waals surface area contributed by atoms with Gasteiger partial charge in [-0.25, -0.2) is 8.78 Å². The van der Waals surface area contributed by atoms with Crippen LogP contribution in [0.4, 0.5) is 47.0 Å². The number of nitrogens with one attached hydrogen (secondary N) is 2. The van der Waals surface area contributed by atoms with E-state index < -0.39 is 59.9 Å². The molecule has 1 aromatic rings. The topological polar surface area (TPSA) is 62.7 Å². The van der Waals surface area contributed by atoms with Crippen molar-refractivity contribution in [3.8, 4) is 11.8 Å². The minimum Gasteiger partial charge on any atom is -0.343 e. The van der Waals surface area contributed by atoms with Gasteiger partial charge < -0.3 is 10.6 Å². The van der Waals surface area contributed by atoms with Crippen molar-refractivity contribution < 1.29 is 35.1 Å². The third-order valence-corrected chi connectivity index (χ3v) is 4.02. The fraction of sp³-hybridized carbons (Fsp3) is 0.667. The standard InChI is InChI=1S/C15H15F8N5/c1-7(14(18,19)20)24-10-26-9(4-5-12(3)6-13(12,16)17)27-11(28-10)25-8(2)15(21,22)23/h7-8H,6H2,1-3H3,(H2,24,25,26,27,28)/t7-,8-,12?/m1/s1. The van der Waals surface area contributed by atoms with Crippen molar-refractivity contribution in [1.82, 2.24) is 15.0 Å². The van der Waals surface area contributed by atoms with E-state index in [-0.39, 0.29) is 0 Å². The van der Waals surface area contributed by atoms with Gasteiger partial charge in [-0.15, -0.1) is 0 Å². The Morgan fingerprint density at radius 3 is 1.61 bits per heavy atom. The van der Waals surface area contributed by atoms with Crippen LogP contribution >= 0.6 is 0 Å². The zero-order valence-corrected chi connectivity index (χ0v) is 14.7. The maximum atomic E-state index is 13.2. The summed E-state index contributed by atoms with van der Waals surface area (Å²) in [7, 11) is 0. The van der Waals surface area contributed by atoms with Gasteiger partial charge in [0.15, 0.2) is 0 Å².